The molecule has 2 nitrogen and oxygen atoms in total. The Labute approximate surface area is 81.3 Å². The van der Waals surface area contributed by atoms with E-state index in [1.807, 2.05) is 0 Å². The van der Waals surface area contributed by atoms with Gasteiger partial charge in [-0.3, -0.25) is 4.79 Å². The number of carbonyl (C=O) groups is 1. The number of carboxylic acids is 1. The third-order valence-electron chi connectivity index (χ3n) is 2.14. The predicted molar refractivity (Wildman–Crippen MR) is 54.5 cm³/mol. The topological polar surface area (TPSA) is 37.3 Å². The second-order valence-electron chi connectivity index (χ2n) is 3.47. The summed E-state index contributed by atoms with van der Waals surface area (Å²) in [5, 5.41) is 8.38. The summed E-state index contributed by atoms with van der Waals surface area (Å²) < 4.78 is 0. The molecule has 0 saturated carbocycles. The molecule has 0 aromatic heterocycles. The molecule has 2 heteroatoms. The van der Waals surface area contributed by atoms with Crippen molar-refractivity contribution in [3.63, 3.8) is 0 Å². The van der Waals surface area contributed by atoms with Gasteiger partial charge in [0.15, 0.2) is 0 Å². The number of hydrogen-bond donors (Lipinski definition) is 1. The van der Waals surface area contributed by atoms with E-state index in [9.17, 15) is 4.79 Å². The fourth-order valence-corrected chi connectivity index (χ4v) is 1.34. The lowest BCUT2D eigenvalue weighted by Crippen LogP contribution is -1.93. The van der Waals surface area contributed by atoms with Crippen LogP contribution in [-0.2, 0) is 4.79 Å². The number of carboxylic acid groups (broad SMARTS) is 1. The van der Waals surface area contributed by atoms with Crippen molar-refractivity contribution in [2.24, 2.45) is 0 Å². The molecule has 77 valence electrons. The molecule has 0 amide bonds. The summed E-state index contributed by atoms with van der Waals surface area (Å²) in [7, 11) is 0. The van der Waals surface area contributed by atoms with E-state index >= 15 is 0 Å². The molecule has 1 N–H and O–H groups in total. The summed E-state index contributed by atoms with van der Waals surface area (Å²) in [5.74, 6) is -0.669. The molecular formula is C11H21O2. The first-order chi connectivity index (χ1) is 6.27. The van der Waals surface area contributed by atoms with Gasteiger partial charge in [-0.25, -0.2) is 0 Å². The molecule has 0 spiro atoms. The molecular weight excluding hydrogens is 164 g/mol. The van der Waals surface area contributed by atoms with Crippen LogP contribution in [0.3, 0.4) is 0 Å². The van der Waals surface area contributed by atoms with Crippen LogP contribution >= 0.6 is 0 Å². The van der Waals surface area contributed by atoms with Crippen molar-refractivity contribution in [3.05, 3.63) is 6.92 Å². The molecule has 0 aliphatic carbocycles. The van der Waals surface area contributed by atoms with Crippen molar-refractivity contribution in [1.82, 2.24) is 0 Å². The third kappa shape index (κ3) is 11.5. The zero-order valence-corrected chi connectivity index (χ0v) is 8.43. The largest absolute Gasteiger partial charge is 0.481 e. The third-order valence-corrected chi connectivity index (χ3v) is 2.14. The molecule has 0 aliphatic rings. The van der Waals surface area contributed by atoms with E-state index in [0.717, 1.165) is 19.3 Å². The Morgan fingerprint density at radius 3 is 1.85 bits per heavy atom. The minimum absolute atomic E-state index is 0.332. The van der Waals surface area contributed by atoms with Crippen LogP contribution in [0.2, 0.25) is 0 Å². The molecule has 0 fully saturated rings. The highest BCUT2D eigenvalue weighted by atomic mass is 16.4. The van der Waals surface area contributed by atoms with E-state index in [0.29, 0.717) is 6.42 Å². The summed E-state index contributed by atoms with van der Waals surface area (Å²) in [6, 6.07) is 0. The van der Waals surface area contributed by atoms with Crippen LogP contribution in [-0.4, -0.2) is 11.1 Å². The summed E-state index contributed by atoms with van der Waals surface area (Å²) in [6.45, 7) is 3.79. The molecule has 1 radical (unpaired) electrons. The van der Waals surface area contributed by atoms with Gasteiger partial charge in [-0.2, -0.15) is 0 Å². The molecule has 0 aliphatic heterocycles. The summed E-state index contributed by atoms with van der Waals surface area (Å²) in [4.78, 5) is 10.2. The Bertz CT molecular complexity index is 121. The first kappa shape index (κ1) is 12.5. The summed E-state index contributed by atoms with van der Waals surface area (Å²) in [6.07, 6.45) is 9.50. The molecule has 0 heterocycles. The first-order valence-corrected chi connectivity index (χ1v) is 5.28. The standard InChI is InChI=1S/C11H21O2/c1-2-3-4-5-6-7-8-9-10-11(12)13/h1-10H2,(H,12,13). The van der Waals surface area contributed by atoms with Gasteiger partial charge in [0.05, 0.1) is 0 Å². The fourth-order valence-electron chi connectivity index (χ4n) is 1.34. The van der Waals surface area contributed by atoms with Gasteiger partial charge >= 0.3 is 5.97 Å². The summed E-state index contributed by atoms with van der Waals surface area (Å²) in [5.41, 5.74) is 0. The van der Waals surface area contributed by atoms with Gasteiger partial charge in [0, 0.05) is 6.42 Å². The van der Waals surface area contributed by atoms with Crippen LogP contribution < -0.4 is 0 Å². The Morgan fingerprint density at radius 1 is 0.923 bits per heavy atom. The fraction of sp³-hybridized carbons (Fsp3) is 0.818. The van der Waals surface area contributed by atoms with Crippen molar-refractivity contribution in [3.8, 4) is 0 Å². The van der Waals surface area contributed by atoms with E-state index in [4.69, 9.17) is 5.11 Å². The molecule has 0 rings (SSSR count). The van der Waals surface area contributed by atoms with Crippen LogP contribution in [0.4, 0.5) is 0 Å². The predicted octanol–water partition coefficient (Wildman–Crippen LogP) is 3.42. The highest BCUT2D eigenvalue weighted by Gasteiger charge is 1.95. The van der Waals surface area contributed by atoms with Crippen molar-refractivity contribution in [2.75, 3.05) is 0 Å². The smallest absolute Gasteiger partial charge is 0.303 e. The van der Waals surface area contributed by atoms with E-state index < -0.39 is 5.97 Å². The molecule has 0 saturated heterocycles. The second-order valence-corrected chi connectivity index (χ2v) is 3.47. The first-order valence-electron chi connectivity index (χ1n) is 5.28. The van der Waals surface area contributed by atoms with E-state index in [1.54, 1.807) is 0 Å². The number of rotatable bonds is 9. The van der Waals surface area contributed by atoms with Crippen LogP contribution in [0.5, 0.6) is 0 Å². The molecule has 0 aromatic rings. The van der Waals surface area contributed by atoms with Crippen LogP contribution in [0.25, 0.3) is 0 Å². The van der Waals surface area contributed by atoms with Crippen LogP contribution in [0.1, 0.15) is 57.8 Å². The molecule has 13 heavy (non-hydrogen) atoms. The van der Waals surface area contributed by atoms with Crippen molar-refractivity contribution in [1.29, 1.82) is 0 Å². The molecule has 0 aromatic carbocycles. The SMILES string of the molecule is [CH2]CCCCCCCCCC(=O)O. The van der Waals surface area contributed by atoms with Crippen molar-refractivity contribution in [2.45, 2.75) is 57.8 Å². The molecule has 0 unspecified atom stereocenters. The minimum Gasteiger partial charge on any atom is -0.481 e. The lowest BCUT2D eigenvalue weighted by Gasteiger charge is -1.99. The highest BCUT2D eigenvalue weighted by molar-refractivity contribution is 5.66. The molecule has 0 bridgehead atoms. The van der Waals surface area contributed by atoms with Gasteiger partial charge in [0.2, 0.25) is 0 Å². The normalized spacial score (nSPS) is 10.2. The minimum atomic E-state index is -0.669. The van der Waals surface area contributed by atoms with Gasteiger partial charge in [-0.1, -0.05) is 51.9 Å². The number of aliphatic carboxylic acids is 1. The Balaban J connectivity index is 2.87. The highest BCUT2D eigenvalue weighted by Crippen LogP contribution is 2.09. The zero-order chi connectivity index (χ0) is 9.94. The van der Waals surface area contributed by atoms with Gasteiger partial charge in [-0.05, 0) is 6.42 Å². The zero-order valence-electron chi connectivity index (χ0n) is 8.43. The average molecular weight is 185 g/mol. The number of hydrogen-bond acceptors (Lipinski definition) is 1. The maximum atomic E-state index is 10.2. The van der Waals surface area contributed by atoms with Gasteiger partial charge in [-0.15, -0.1) is 0 Å². The Morgan fingerprint density at radius 2 is 1.38 bits per heavy atom. The Hall–Kier alpha value is -0.530. The molecule has 0 atom stereocenters. The monoisotopic (exact) mass is 185 g/mol. The van der Waals surface area contributed by atoms with Crippen molar-refractivity contribution < 1.29 is 9.90 Å². The van der Waals surface area contributed by atoms with E-state index in [2.05, 4.69) is 6.92 Å². The van der Waals surface area contributed by atoms with Crippen molar-refractivity contribution >= 4 is 5.97 Å². The second kappa shape index (κ2) is 9.56. The van der Waals surface area contributed by atoms with Gasteiger partial charge in [0.25, 0.3) is 0 Å². The maximum absolute atomic E-state index is 10.2. The van der Waals surface area contributed by atoms with E-state index in [1.165, 1.54) is 32.1 Å². The quantitative estimate of drug-likeness (QED) is 0.559. The lowest BCUT2D eigenvalue weighted by atomic mass is 10.1. The van der Waals surface area contributed by atoms with Crippen LogP contribution in [0, 0.1) is 6.92 Å². The number of unbranched alkanes of at least 4 members (excludes halogenated alkanes) is 7. The maximum Gasteiger partial charge on any atom is 0.303 e. The van der Waals surface area contributed by atoms with Crippen LogP contribution in [0.15, 0.2) is 0 Å². The summed E-state index contributed by atoms with van der Waals surface area (Å²) >= 11 is 0. The van der Waals surface area contributed by atoms with E-state index in [-0.39, 0.29) is 0 Å². The van der Waals surface area contributed by atoms with Gasteiger partial charge < -0.3 is 5.11 Å². The lowest BCUT2D eigenvalue weighted by molar-refractivity contribution is -0.137. The average Bonchev–Trinajstić information content (AvgIpc) is 2.09. The van der Waals surface area contributed by atoms with Gasteiger partial charge in [0.1, 0.15) is 0 Å². The Kier molecular flexibility index (Phi) is 9.17.